The lowest BCUT2D eigenvalue weighted by Gasteiger charge is -2.04. The van der Waals surface area contributed by atoms with E-state index in [2.05, 4.69) is 21.2 Å². The van der Waals surface area contributed by atoms with Crippen LogP contribution in [-0.2, 0) is 6.54 Å². The van der Waals surface area contributed by atoms with Gasteiger partial charge in [0.15, 0.2) is 0 Å². The Morgan fingerprint density at radius 3 is 3.00 bits per heavy atom. The van der Waals surface area contributed by atoms with Crippen LogP contribution in [0, 0.1) is 5.82 Å². The summed E-state index contributed by atoms with van der Waals surface area (Å²) in [5, 5.41) is 2.58. The summed E-state index contributed by atoms with van der Waals surface area (Å²) < 4.78 is 13.5. The molecule has 0 radical (unpaired) electrons. The maximum absolute atomic E-state index is 13.1. The van der Waals surface area contributed by atoms with Gasteiger partial charge < -0.3 is 11.1 Å². The number of rotatable bonds is 0. The van der Waals surface area contributed by atoms with Crippen molar-refractivity contribution < 1.29 is 9.18 Å². The van der Waals surface area contributed by atoms with E-state index in [4.69, 9.17) is 5.73 Å². The van der Waals surface area contributed by atoms with Crippen molar-refractivity contribution in [2.45, 2.75) is 6.54 Å². The summed E-state index contributed by atoms with van der Waals surface area (Å²) in [4.78, 5) is 11.2. The highest BCUT2D eigenvalue weighted by molar-refractivity contribution is 9.10. The first kappa shape index (κ1) is 8.50. The van der Waals surface area contributed by atoms with E-state index in [1.54, 1.807) is 0 Å². The smallest absolute Gasteiger partial charge is 0.253 e. The molecule has 1 aromatic rings. The number of carbonyl (C=O) groups is 1. The van der Waals surface area contributed by atoms with Gasteiger partial charge >= 0.3 is 0 Å². The van der Waals surface area contributed by atoms with Crippen LogP contribution in [-0.4, -0.2) is 5.91 Å². The van der Waals surface area contributed by atoms with Crippen LogP contribution in [0.2, 0.25) is 0 Å². The van der Waals surface area contributed by atoms with Crippen LogP contribution >= 0.6 is 15.9 Å². The first-order valence-corrected chi connectivity index (χ1v) is 4.45. The minimum absolute atomic E-state index is 0.0524. The van der Waals surface area contributed by atoms with E-state index in [-0.39, 0.29) is 11.6 Å². The molecule has 1 aliphatic rings. The highest BCUT2D eigenvalue weighted by atomic mass is 79.9. The zero-order valence-electron chi connectivity index (χ0n) is 6.53. The molecule has 0 aromatic heterocycles. The summed E-state index contributed by atoms with van der Waals surface area (Å²) in [6.45, 7) is 0.302. The van der Waals surface area contributed by atoms with E-state index in [0.29, 0.717) is 22.1 Å². The predicted molar refractivity (Wildman–Crippen MR) is 49.7 cm³/mol. The fourth-order valence-electron chi connectivity index (χ4n) is 1.37. The van der Waals surface area contributed by atoms with Gasteiger partial charge in [0.2, 0.25) is 0 Å². The molecule has 5 heteroatoms. The summed E-state index contributed by atoms with van der Waals surface area (Å²) in [5.41, 5.74) is 6.51. The lowest BCUT2D eigenvalue weighted by atomic mass is 10.1. The van der Waals surface area contributed by atoms with Gasteiger partial charge in [-0.2, -0.15) is 0 Å². The molecule has 0 saturated heterocycles. The number of nitrogens with one attached hydrogen (secondary N) is 1. The Bertz CT molecular complexity index is 406. The van der Waals surface area contributed by atoms with Crippen LogP contribution in [0.5, 0.6) is 0 Å². The van der Waals surface area contributed by atoms with Gasteiger partial charge in [0.1, 0.15) is 5.82 Å². The third kappa shape index (κ3) is 1.11. The van der Waals surface area contributed by atoms with Crippen LogP contribution in [0.25, 0.3) is 0 Å². The van der Waals surface area contributed by atoms with Crippen molar-refractivity contribution in [3.8, 4) is 0 Å². The Hall–Kier alpha value is -1.10. The highest BCUT2D eigenvalue weighted by Crippen LogP contribution is 2.31. The number of nitrogens with two attached hydrogens (primary N) is 1. The molecule has 0 unspecified atom stereocenters. The molecule has 0 atom stereocenters. The number of fused-ring (bicyclic) bond motifs is 1. The molecule has 2 rings (SSSR count). The summed E-state index contributed by atoms with van der Waals surface area (Å²) in [7, 11) is 0. The minimum Gasteiger partial charge on any atom is -0.396 e. The Kier molecular flexibility index (Phi) is 1.76. The van der Waals surface area contributed by atoms with Crippen molar-refractivity contribution >= 4 is 27.5 Å². The molecule has 3 nitrogen and oxygen atoms in total. The van der Waals surface area contributed by atoms with E-state index in [9.17, 15) is 9.18 Å². The number of amides is 1. The number of anilines is 1. The van der Waals surface area contributed by atoms with Crippen LogP contribution in [0.15, 0.2) is 10.5 Å². The third-order valence-electron chi connectivity index (χ3n) is 2.03. The van der Waals surface area contributed by atoms with Crippen molar-refractivity contribution in [1.29, 1.82) is 0 Å². The molecule has 0 bridgehead atoms. The van der Waals surface area contributed by atoms with Crippen molar-refractivity contribution in [3.63, 3.8) is 0 Å². The average Bonchev–Trinajstić information content (AvgIpc) is 2.44. The number of halogens is 2. The first-order chi connectivity index (χ1) is 6.11. The third-order valence-corrected chi connectivity index (χ3v) is 2.65. The second kappa shape index (κ2) is 2.70. The summed E-state index contributed by atoms with van der Waals surface area (Å²) >= 11 is 3.12. The summed E-state index contributed by atoms with van der Waals surface area (Å²) in [6.07, 6.45) is 0. The average molecular weight is 245 g/mol. The van der Waals surface area contributed by atoms with Gasteiger partial charge in [-0.15, -0.1) is 0 Å². The fraction of sp³-hybridized carbons (Fsp3) is 0.125. The topological polar surface area (TPSA) is 55.1 Å². The largest absolute Gasteiger partial charge is 0.396 e. The summed E-state index contributed by atoms with van der Waals surface area (Å²) in [6, 6.07) is 1.21. The lowest BCUT2D eigenvalue weighted by Crippen LogP contribution is -2.12. The summed E-state index contributed by atoms with van der Waals surface area (Å²) in [5.74, 6) is -0.712. The van der Waals surface area contributed by atoms with E-state index < -0.39 is 5.82 Å². The van der Waals surface area contributed by atoms with E-state index in [0.717, 1.165) is 0 Å². The predicted octanol–water partition coefficient (Wildman–Crippen LogP) is 1.41. The van der Waals surface area contributed by atoms with E-state index >= 15 is 0 Å². The molecule has 13 heavy (non-hydrogen) atoms. The maximum Gasteiger partial charge on any atom is 0.253 e. The van der Waals surface area contributed by atoms with Crippen molar-refractivity contribution in [2.75, 3.05) is 5.73 Å². The van der Waals surface area contributed by atoms with Crippen LogP contribution < -0.4 is 11.1 Å². The zero-order valence-corrected chi connectivity index (χ0v) is 8.11. The molecule has 0 fully saturated rings. The number of hydrogen-bond acceptors (Lipinski definition) is 2. The van der Waals surface area contributed by atoms with Gasteiger partial charge in [-0.05, 0) is 22.0 Å². The second-order valence-corrected chi connectivity index (χ2v) is 3.64. The molecule has 68 valence electrons. The Morgan fingerprint density at radius 1 is 1.62 bits per heavy atom. The second-order valence-electron chi connectivity index (χ2n) is 2.79. The first-order valence-electron chi connectivity index (χ1n) is 3.66. The van der Waals surface area contributed by atoms with Crippen LogP contribution in [0.4, 0.5) is 10.1 Å². The van der Waals surface area contributed by atoms with Gasteiger partial charge in [-0.25, -0.2) is 4.39 Å². The maximum atomic E-state index is 13.1. The van der Waals surface area contributed by atoms with Gasteiger partial charge in [-0.1, -0.05) is 0 Å². The number of benzene rings is 1. The normalized spacial score (nSPS) is 14.2. The van der Waals surface area contributed by atoms with Gasteiger partial charge in [0, 0.05) is 16.6 Å². The van der Waals surface area contributed by atoms with Crippen molar-refractivity contribution in [2.24, 2.45) is 0 Å². The lowest BCUT2D eigenvalue weighted by molar-refractivity contribution is 0.0965. The Balaban J connectivity index is 2.76. The fourth-order valence-corrected chi connectivity index (χ4v) is 1.99. The Labute approximate surface area is 82.2 Å². The molecule has 0 spiro atoms. The molecule has 1 amide bonds. The zero-order chi connectivity index (χ0) is 9.59. The minimum atomic E-state index is -0.498. The highest BCUT2D eigenvalue weighted by Gasteiger charge is 2.25. The monoisotopic (exact) mass is 244 g/mol. The van der Waals surface area contributed by atoms with Gasteiger partial charge in [0.05, 0.1) is 11.3 Å². The van der Waals surface area contributed by atoms with E-state index in [1.165, 1.54) is 6.07 Å². The quantitative estimate of drug-likeness (QED) is 0.679. The van der Waals surface area contributed by atoms with Gasteiger partial charge in [0.25, 0.3) is 5.91 Å². The molecule has 1 aromatic carbocycles. The standard InChI is InChI=1S/C8H6BrFN2O/c9-4-1-5(10)7(11)3-2-12-8(13)6(3)4/h1H,2,11H2,(H,12,13). The van der Waals surface area contributed by atoms with Crippen molar-refractivity contribution in [1.82, 2.24) is 5.32 Å². The number of carbonyl (C=O) groups excluding carboxylic acids is 1. The molecular weight excluding hydrogens is 239 g/mol. The van der Waals surface area contributed by atoms with Crippen molar-refractivity contribution in [3.05, 3.63) is 27.5 Å². The SMILES string of the molecule is Nc1c(F)cc(Br)c2c1CNC2=O. The van der Waals surface area contributed by atoms with Crippen LogP contribution in [0.3, 0.4) is 0 Å². The Morgan fingerprint density at radius 2 is 2.31 bits per heavy atom. The van der Waals surface area contributed by atoms with Gasteiger partial charge in [-0.3, -0.25) is 4.79 Å². The number of hydrogen-bond donors (Lipinski definition) is 2. The number of nitrogen functional groups attached to an aromatic ring is 1. The van der Waals surface area contributed by atoms with E-state index in [1.807, 2.05) is 0 Å². The molecular formula is C8H6BrFN2O. The molecule has 1 heterocycles. The molecule has 0 saturated carbocycles. The molecule has 1 aliphatic heterocycles. The van der Waals surface area contributed by atoms with Crippen LogP contribution in [0.1, 0.15) is 15.9 Å². The molecule has 3 N–H and O–H groups in total. The molecule has 0 aliphatic carbocycles.